The molecule has 0 saturated heterocycles. The van der Waals surface area contributed by atoms with Gasteiger partial charge in [-0.2, -0.15) is 0 Å². The molecule has 0 fully saturated rings. The Balaban J connectivity index is 1.33. The van der Waals surface area contributed by atoms with E-state index >= 15 is 0 Å². The van der Waals surface area contributed by atoms with Gasteiger partial charge in [0, 0.05) is 33.5 Å². The lowest BCUT2D eigenvalue weighted by molar-refractivity contribution is 0.876. The van der Waals surface area contributed by atoms with Gasteiger partial charge in [-0.25, -0.2) is 0 Å². The van der Waals surface area contributed by atoms with Gasteiger partial charge in [0.15, 0.2) is 0 Å². The van der Waals surface area contributed by atoms with Gasteiger partial charge in [-0.1, -0.05) is 125 Å². The van der Waals surface area contributed by atoms with Crippen LogP contribution < -0.4 is 9.80 Å². The first-order chi connectivity index (χ1) is 28.2. The van der Waals surface area contributed by atoms with Gasteiger partial charge >= 0.3 is 0 Å². The predicted molar refractivity (Wildman–Crippen MR) is 252 cm³/mol. The van der Waals surface area contributed by atoms with Crippen molar-refractivity contribution in [2.75, 3.05) is 9.80 Å². The summed E-state index contributed by atoms with van der Waals surface area (Å²) < 4.78 is 0. The fraction of sp³-hybridized carbons (Fsp3) is 0.143. The van der Waals surface area contributed by atoms with Gasteiger partial charge in [-0.05, 0) is 164 Å². The van der Waals surface area contributed by atoms with Gasteiger partial charge in [0.1, 0.15) is 0 Å². The average Bonchev–Trinajstić information content (AvgIpc) is 3.23. The normalized spacial score (nSPS) is 11.9. The van der Waals surface area contributed by atoms with Gasteiger partial charge < -0.3 is 9.80 Å². The van der Waals surface area contributed by atoms with E-state index in [0.717, 1.165) is 22.7 Å². The zero-order valence-corrected chi connectivity index (χ0v) is 34.2. The Morgan fingerprint density at radius 3 is 1.12 bits per heavy atom. The number of benzene rings is 10. The van der Waals surface area contributed by atoms with Crippen LogP contribution in [0.15, 0.2) is 170 Å². The van der Waals surface area contributed by atoms with Crippen LogP contribution in [0.2, 0.25) is 0 Å². The monoisotopic (exact) mass is 748 g/mol. The van der Waals surface area contributed by atoms with Crippen molar-refractivity contribution >= 4 is 88.0 Å². The summed E-state index contributed by atoms with van der Waals surface area (Å²) in [4.78, 5) is 4.97. The molecule has 2 nitrogen and oxygen atoms in total. The van der Waals surface area contributed by atoms with Gasteiger partial charge in [-0.3, -0.25) is 0 Å². The number of aryl methyl sites for hydroxylation is 2. The van der Waals surface area contributed by atoms with Gasteiger partial charge in [-0.15, -0.1) is 0 Å². The van der Waals surface area contributed by atoms with Crippen LogP contribution in [0.5, 0.6) is 0 Å². The molecule has 0 saturated carbocycles. The molecule has 0 heterocycles. The Morgan fingerprint density at radius 2 is 0.724 bits per heavy atom. The Bertz CT molecular complexity index is 2960. The van der Waals surface area contributed by atoms with E-state index in [4.69, 9.17) is 0 Å². The number of hydrogen-bond acceptors (Lipinski definition) is 2. The smallest absolute Gasteiger partial charge is 0.0540 e. The molecule has 0 bridgehead atoms. The van der Waals surface area contributed by atoms with Crippen LogP contribution in [-0.4, -0.2) is 0 Å². The standard InChI is InChI=1S/C56H48N2/c1-35(2)49-33-51-53(57(43-19-11-13-37(5)29-43)45-23-21-39-15-7-9-17-41(39)31-45)28-26-48-50(36(3)4)34-52-54(27-25-47(49)55(52)56(48)51)58(44-20-12-14-38(6)30-44)46-24-22-40-16-8-10-18-42(40)32-46/h7-36H,1-6H3. The zero-order chi connectivity index (χ0) is 39.7. The second-order valence-electron chi connectivity index (χ2n) is 16.8. The third-order valence-electron chi connectivity index (χ3n) is 12.1. The number of anilines is 6. The molecule has 2 heteroatoms. The predicted octanol–water partition coefficient (Wildman–Crippen LogP) is 16.7. The second kappa shape index (κ2) is 14.1. The number of rotatable bonds is 8. The van der Waals surface area contributed by atoms with Crippen molar-refractivity contribution in [1.29, 1.82) is 0 Å². The van der Waals surface area contributed by atoms with Crippen molar-refractivity contribution in [3.8, 4) is 0 Å². The summed E-state index contributed by atoms with van der Waals surface area (Å²) in [6.45, 7) is 13.7. The fourth-order valence-corrected chi connectivity index (χ4v) is 9.36. The van der Waals surface area contributed by atoms with Crippen molar-refractivity contribution in [1.82, 2.24) is 0 Å². The van der Waals surface area contributed by atoms with Crippen LogP contribution in [-0.2, 0) is 0 Å². The molecule has 0 N–H and O–H groups in total. The summed E-state index contributed by atoms with van der Waals surface area (Å²) in [5.74, 6) is 0.632. The number of hydrogen-bond donors (Lipinski definition) is 0. The summed E-state index contributed by atoms with van der Waals surface area (Å²) in [7, 11) is 0. The molecule has 10 aromatic carbocycles. The molecule has 0 aliphatic rings. The van der Waals surface area contributed by atoms with E-state index in [2.05, 4.69) is 221 Å². The van der Waals surface area contributed by atoms with Gasteiger partial charge in [0.2, 0.25) is 0 Å². The molecule has 0 aromatic heterocycles. The van der Waals surface area contributed by atoms with Crippen molar-refractivity contribution < 1.29 is 0 Å². The average molecular weight is 749 g/mol. The van der Waals surface area contributed by atoms with Crippen molar-refractivity contribution in [3.05, 3.63) is 192 Å². The highest BCUT2D eigenvalue weighted by atomic mass is 15.1. The lowest BCUT2D eigenvalue weighted by Gasteiger charge is -2.31. The Labute approximate surface area is 341 Å². The summed E-state index contributed by atoms with van der Waals surface area (Å²) in [6.07, 6.45) is 0. The molecule has 0 atom stereocenters. The van der Waals surface area contributed by atoms with Crippen LogP contribution in [0.1, 0.15) is 61.8 Å². The lowest BCUT2D eigenvalue weighted by atomic mass is 9.83. The maximum Gasteiger partial charge on any atom is 0.0540 e. The summed E-state index contributed by atoms with van der Waals surface area (Å²) in [6, 6.07) is 63.6. The molecule has 0 unspecified atom stereocenters. The first-order valence-electron chi connectivity index (χ1n) is 20.7. The Kier molecular flexibility index (Phi) is 8.68. The zero-order valence-electron chi connectivity index (χ0n) is 34.2. The van der Waals surface area contributed by atoms with E-state index in [-0.39, 0.29) is 0 Å². The molecule has 0 spiro atoms. The van der Waals surface area contributed by atoms with Gasteiger partial charge in [0.05, 0.1) is 11.4 Å². The van der Waals surface area contributed by atoms with Crippen LogP contribution in [0, 0.1) is 13.8 Å². The molecular weight excluding hydrogens is 701 g/mol. The maximum absolute atomic E-state index is 2.51. The summed E-state index contributed by atoms with van der Waals surface area (Å²) in [5, 5.41) is 12.8. The topological polar surface area (TPSA) is 6.48 Å². The SMILES string of the molecule is Cc1cccc(N(c2ccc3ccccc3c2)c2ccc3c(C(C)C)cc4c(N(c5cccc(C)c5)c5ccc6ccccc6c5)ccc5c(C(C)C)cc2c3c54)c1. The lowest BCUT2D eigenvalue weighted by Crippen LogP contribution is -2.12. The van der Waals surface area contributed by atoms with E-state index in [9.17, 15) is 0 Å². The van der Waals surface area contributed by atoms with Crippen LogP contribution in [0.25, 0.3) is 53.9 Å². The second-order valence-corrected chi connectivity index (χ2v) is 16.8. The highest BCUT2D eigenvalue weighted by molar-refractivity contribution is 6.30. The van der Waals surface area contributed by atoms with E-state index < -0.39 is 0 Å². The third kappa shape index (κ3) is 5.94. The Hall–Kier alpha value is -6.64. The molecule has 0 radical (unpaired) electrons. The van der Waals surface area contributed by atoms with E-state index in [1.807, 2.05) is 0 Å². The minimum absolute atomic E-state index is 0.316. The summed E-state index contributed by atoms with van der Waals surface area (Å²) in [5.41, 5.74) is 12.2. The van der Waals surface area contributed by atoms with Gasteiger partial charge in [0.25, 0.3) is 0 Å². The van der Waals surface area contributed by atoms with Crippen LogP contribution in [0.4, 0.5) is 34.1 Å². The summed E-state index contributed by atoms with van der Waals surface area (Å²) >= 11 is 0. The molecule has 0 aliphatic heterocycles. The van der Waals surface area contributed by atoms with Crippen molar-refractivity contribution in [2.24, 2.45) is 0 Å². The highest BCUT2D eigenvalue weighted by Crippen LogP contribution is 2.51. The van der Waals surface area contributed by atoms with Crippen molar-refractivity contribution in [2.45, 2.75) is 53.4 Å². The Morgan fingerprint density at radius 1 is 0.328 bits per heavy atom. The number of fused-ring (bicyclic) bond motifs is 2. The van der Waals surface area contributed by atoms with E-state index in [0.29, 0.717) is 11.8 Å². The minimum atomic E-state index is 0.316. The third-order valence-corrected chi connectivity index (χ3v) is 12.1. The van der Waals surface area contributed by atoms with E-state index in [1.54, 1.807) is 0 Å². The largest absolute Gasteiger partial charge is 0.310 e. The molecular formula is C56H48N2. The van der Waals surface area contributed by atoms with E-state index in [1.165, 1.54) is 87.5 Å². The molecule has 0 amide bonds. The first-order valence-corrected chi connectivity index (χ1v) is 20.7. The minimum Gasteiger partial charge on any atom is -0.310 e. The quantitative estimate of drug-likeness (QED) is 0.143. The molecule has 282 valence electrons. The van der Waals surface area contributed by atoms with Crippen LogP contribution >= 0.6 is 0 Å². The highest BCUT2D eigenvalue weighted by Gasteiger charge is 2.26. The first kappa shape index (κ1) is 35.8. The van der Waals surface area contributed by atoms with Crippen LogP contribution in [0.3, 0.4) is 0 Å². The molecule has 0 aliphatic carbocycles. The fourth-order valence-electron chi connectivity index (χ4n) is 9.36. The molecule has 10 aromatic rings. The maximum atomic E-state index is 2.51. The molecule has 58 heavy (non-hydrogen) atoms. The molecule has 10 rings (SSSR count). The number of nitrogens with zero attached hydrogens (tertiary/aromatic N) is 2. The van der Waals surface area contributed by atoms with Crippen molar-refractivity contribution in [3.63, 3.8) is 0 Å².